The van der Waals surface area contributed by atoms with E-state index in [1.807, 2.05) is 18.2 Å². The molecule has 1 unspecified atom stereocenters. The second-order valence-electron chi connectivity index (χ2n) is 5.04. The number of nitrogens with two attached hydrogens (primary N) is 1. The third kappa shape index (κ3) is 2.90. The van der Waals surface area contributed by atoms with Crippen LogP contribution in [0, 0.1) is 13.8 Å². The highest BCUT2D eigenvalue weighted by Crippen LogP contribution is 2.26. The maximum absolute atomic E-state index is 5.79. The van der Waals surface area contributed by atoms with Crippen LogP contribution >= 0.6 is 12.2 Å². The van der Waals surface area contributed by atoms with Gasteiger partial charge in [0.2, 0.25) is 0 Å². The van der Waals surface area contributed by atoms with E-state index in [1.165, 1.54) is 16.8 Å². The van der Waals surface area contributed by atoms with Gasteiger partial charge in [-0.05, 0) is 31.4 Å². The van der Waals surface area contributed by atoms with Crippen LogP contribution in [0.5, 0.6) is 0 Å². The van der Waals surface area contributed by atoms with Gasteiger partial charge in [-0.3, -0.25) is 4.68 Å². The Balaban J connectivity index is 2.50. The van der Waals surface area contributed by atoms with Gasteiger partial charge in [0.05, 0.1) is 16.7 Å². The Labute approximate surface area is 125 Å². The molecule has 0 aliphatic carbocycles. The number of aromatic nitrogens is 2. The topological polar surface area (TPSA) is 43.8 Å². The van der Waals surface area contributed by atoms with Crippen molar-refractivity contribution in [3.8, 4) is 0 Å². The monoisotopic (exact) mass is 287 g/mol. The number of hydrogen-bond donors (Lipinski definition) is 1. The molecule has 1 aromatic heterocycles. The number of nitrogens with zero attached hydrogens (tertiary/aromatic N) is 2. The minimum Gasteiger partial charge on any atom is -0.393 e. The summed E-state index contributed by atoms with van der Waals surface area (Å²) in [4.78, 5) is 0.518. The molecule has 2 rings (SSSR count). The SMILES string of the molecule is CCc1c(C)nn(C(CC(N)=S)c2ccccc2)c1C. The molecule has 20 heavy (non-hydrogen) atoms. The van der Waals surface area contributed by atoms with Crippen LogP contribution in [0.15, 0.2) is 30.3 Å². The van der Waals surface area contributed by atoms with Crippen LogP contribution in [0.3, 0.4) is 0 Å². The predicted molar refractivity (Wildman–Crippen MR) is 87.1 cm³/mol. The summed E-state index contributed by atoms with van der Waals surface area (Å²) in [6, 6.07) is 10.4. The molecular weight excluding hydrogens is 266 g/mol. The molecule has 106 valence electrons. The second kappa shape index (κ2) is 6.18. The first-order valence-electron chi connectivity index (χ1n) is 6.92. The van der Waals surface area contributed by atoms with Gasteiger partial charge >= 0.3 is 0 Å². The first-order chi connectivity index (χ1) is 9.54. The second-order valence-corrected chi connectivity index (χ2v) is 5.57. The lowest BCUT2D eigenvalue weighted by Gasteiger charge is -2.19. The summed E-state index contributed by atoms with van der Waals surface area (Å²) in [6.07, 6.45) is 1.62. The third-order valence-electron chi connectivity index (χ3n) is 3.70. The van der Waals surface area contributed by atoms with E-state index in [0.717, 1.165) is 12.1 Å². The van der Waals surface area contributed by atoms with Crippen molar-refractivity contribution < 1.29 is 0 Å². The Bertz CT molecular complexity index is 602. The van der Waals surface area contributed by atoms with Crippen LogP contribution < -0.4 is 5.73 Å². The van der Waals surface area contributed by atoms with Crippen molar-refractivity contribution in [3.63, 3.8) is 0 Å². The molecule has 0 saturated heterocycles. The summed E-state index contributed by atoms with van der Waals surface area (Å²) < 4.78 is 2.07. The Morgan fingerprint density at radius 2 is 1.95 bits per heavy atom. The molecule has 0 aliphatic rings. The largest absolute Gasteiger partial charge is 0.393 e. The lowest BCUT2D eigenvalue weighted by Crippen LogP contribution is -2.21. The summed E-state index contributed by atoms with van der Waals surface area (Å²) in [5.74, 6) is 0. The minimum atomic E-state index is 0.0766. The van der Waals surface area contributed by atoms with E-state index in [1.54, 1.807) is 0 Å². The average Bonchev–Trinajstić information content (AvgIpc) is 2.71. The molecule has 1 heterocycles. The zero-order valence-electron chi connectivity index (χ0n) is 12.3. The van der Waals surface area contributed by atoms with Crippen molar-refractivity contribution in [2.75, 3.05) is 0 Å². The van der Waals surface area contributed by atoms with Crippen LogP contribution in [0.4, 0.5) is 0 Å². The van der Waals surface area contributed by atoms with Gasteiger partial charge in [0, 0.05) is 12.1 Å². The van der Waals surface area contributed by atoms with Gasteiger partial charge in [0.1, 0.15) is 0 Å². The van der Waals surface area contributed by atoms with Crippen LogP contribution in [0.1, 0.15) is 41.9 Å². The van der Waals surface area contributed by atoms with Gasteiger partial charge < -0.3 is 5.73 Å². The summed E-state index contributed by atoms with van der Waals surface area (Å²) in [5.41, 5.74) is 10.6. The fraction of sp³-hybridized carbons (Fsp3) is 0.375. The quantitative estimate of drug-likeness (QED) is 0.858. The molecule has 0 amide bonds. The number of benzene rings is 1. The van der Waals surface area contributed by atoms with Crippen LogP contribution in [0.25, 0.3) is 0 Å². The highest BCUT2D eigenvalue weighted by atomic mass is 32.1. The van der Waals surface area contributed by atoms with Gasteiger partial charge in [-0.15, -0.1) is 0 Å². The van der Waals surface area contributed by atoms with Gasteiger partial charge in [-0.1, -0.05) is 49.5 Å². The lowest BCUT2D eigenvalue weighted by atomic mass is 10.0. The molecule has 0 saturated carbocycles. The zero-order valence-corrected chi connectivity index (χ0v) is 13.1. The average molecular weight is 287 g/mol. The molecule has 2 N–H and O–H groups in total. The van der Waals surface area contributed by atoms with Gasteiger partial charge in [-0.25, -0.2) is 0 Å². The maximum atomic E-state index is 5.79. The summed E-state index contributed by atoms with van der Waals surface area (Å²) in [6.45, 7) is 6.34. The normalized spacial score (nSPS) is 12.3. The Morgan fingerprint density at radius 3 is 2.45 bits per heavy atom. The van der Waals surface area contributed by atoms with E-state index >= 15 is 0 Å². The van der Waals surface area contributed by atoms with Gasteiger partial charge in [-0.2, -0.15) is 5.10 Å². The fourth-order valence-electron chi connectivity index (χ4n) is 2.72. The van der Waals surface area contributed by atoms with Crippen molar-refractivity contribution in [2.24, 2.45) is 5.73 Å². The number of aryl methyl sites for hydroxylation is 1. The number of thiocarbonyl (C=S) groups is 1. The Hall–Kier alpha value is -1.68. The predicted octanol–water partition coefficient (Wildman–Crippen LogP) is 3.33. The molecule has 1 aromatic carbocycles. The van der Waals surface area contributed by atoms with Gasteiger partial charge in [0.15, 0.2) is 0 Å². The van der Waals surface area contributed by atoms with Gasteiger partial charge in [0.25, 0.3) is 0 Å². The zero-order chi connectivity index (χ0) is 14.7. The van der Waals surface area contributed by atoms with Crippen molar-refractivity contribution in [1.82, 2.24) is 9.78 Å². The van der Waals surface area contributed by atoms with Crippen molar-refractivity contribution >= 4 is 17.2 Å². The maximum Gasteiger partial charge on any atom is 0.0834 e. The Kier molecular flexibility index (Phi) is 4.55. The van der Waals surface area contributed by atoms with E-state index < -0.39 is 0 Å². The highest BCUT2D eigenvalue weighted by Gasteiger charge is 2.20. The first-order valence-corrected chi connectivity index (χ1v) is 7.33. The molecule has 0 fully saturated rings. The molecule has 3 nitrogen and oxygen atoms in total. The lowest BCUT2D eigenvalue weighted by molar-refractivity contribution is 0.522. The highest BCUT2D eigenvalue weighted by molar-refractivity contribution is 7.80. The minimum absolute atomic E-state index is 0.0766. The van der Waals surface area contributed by atoms with Crippen LogP contribution in [-0.2, 0) is 6.42 Å². The van der Waals surface area contributed by atoms with Crippen molar-refractivity contribution in [3.05, 3.63) is 52.8 Å². The van der Waals surface area contributed by atoms with E-state index in [-0.39, 0.29) is 6.04 Å². The van der Waals surface area contributed by atoms with Crippen molar-refractivity contribution in [2.45, 2.75) is 39.7 Å². The molecule has 0 bridgehead atoms. The van der Waals surface area contributed by atoms with E-state index in [0.29, 0.717) is 11.4 Å². The number of rotatable bonds is 5. The molecular formula is C16H21N3S. The van der Waals surface area contributed by atoms with E-state index in [9.17, 15) is 0 Å². The standard InChI is InChI=1S/C16H21N3S/c1-4-14-11(2)18-19(12(14)3)15(10-16(17)20)13-8-6-5-7-9-13/h5-9,15H,4,10H2,1-3H3,(H2,17,20). The molecule has 1 atom stereocenters. The van der Waals surface area contributed by atoms with Crippen LogP contribution in [0.2, 0.25) is 0 Å². The molecule has 0 spiro atoms. The van der Waals surface area contributed by atoms with E-state index in [4.69, 9.17) is 23.1 Å². The molecule has 0 radical (unpaired) electrons. The van der Waals surface area contributed by atoms with Crippen molar-refractivity contribution in [1.29, 1.82) is 0 Å². The first kappa shape index (κ1) is 14.7. The summed E-state index contributed by atoms with van der Waals surface area (Å²) in [5, 5.41) is 4.71. The summed E-state index contributed by atoms with van der Waals surface area (Å²) in [7, 11) is 0. The molecule has 0 aliphatic heterocycles. The Morgan fingerprint density at radius 1 is 1.30 bits per heavy atom. The smallest absolute Gasteiger partial charge is 0.0834 e. The van der Waals surface area contributed by atoms with Crippen LogP contribution in [-0.4, -0.2) is 14.8 Å². The number of hydrogen-bond acceptors (Lipinski definition) is 2. The molecule has 4 heteroatoms. The third-order valence-corrected chi connectivity index (χ3v) is 3.87. The summed E-state index contributed by atoms with van der Waals surface area (Å²) >= 11 is 5.12. The van der Waals surface area contributed by atoms with E-state index in [2.05, 4.69) is 37.6 Å². The molecule has 2 aromatic rings. The fourth-order valence-corrected chi connectivity index (χ4v) is 2.88.